The predicted molar refractivity (Wildman–Crippen MR) is 81.0 cm³/mol. The maximum absolute atomic E-state index is 13.4. The van der Waals surface area contributed by atoms with Crippen LogP contribution in [0.2, 0.25) is 0 Å². The van der Waals surface area contributed by atoms with E-state index in [1.54, 1.807) is 18.2 Å². The molecule has 19 heavy (non-hydrogen) atoms. The van der Waals surface area contributed by atoms with Gasteiger partial charge in [-0.15, -0.1) is 0 Å². The van der Waals surface area contributed by atoms with Crippen LogP contribution in [-0.2, 0) is 4.74 Å². The van der Waals surface area contributed by atoms with Gasteiger partial charge in [0.25, 0.3) is 0 Å². The van der Waals surface area contributed by atoms with E-state index in [0.717, 1.165) is 9.79 Å². The zero-order chi connectivity index (χ0) is 13.8. The van der Waals surface area contributed by atoms with Gasteiger partial charge < -0.3 is 4.74 Å². The number of rotatable bonds is 3. The van der Waals surface area contributed by atoms with Crippen molar-refractivity contribution in [1.82, 2.24) is 0 Å². The first-order chi connectivity index (χ1) is 9.10. The second-order valence-corrected chi connectivity index (χ2v) is 6.00. The van der Waals surface area contributed by atoms with E-state index in [1.807, 2.05) is 40.8 Å². The second kappa shape index (κ2) is 6.38. The highest BCUT2D eigenvalue weighted by molar-refractivity contribution is 14.1. The molecule has 2 rings (SSSR count). The molecule has 5 heteroatoms. The molecule has 2 aromatic rings. The molecule has 0 radical (unpaired) electrons. The fourth-order valence-electron chi connectivity index (χ4n) is 1.45. The molecule has 0 saturated carbocycles. The van der Waals surface area contributed by atoms with Gasteiger partial charge in [0.05, 0.1) is 12.7 Å². The molecule has 0 saturated heterocycles. The van der Waals surface area contributed by atoms with E-state index in [-0.39, 0.29) is 11.8 Å². The predicted octanol–water partition coefficient (Wildman–Crippen LogP) is 4.37. The van der Waals surface area contributed by atoms with Gasteiger partial charge in [-0.1, -0.05) is 11.8 Å². The molecule has 0 aliphatic rings. The van der Waals surface area contributed by atoms with Gasteiger partial charge in [-0.2, -0.15) is 0 Å². The summed E-state index contributed by atoms with van der Waals surface area (Å²) in [7, 11) is 1.35. The topological polar surface area (TPSA) is 26.3 Å². The number of hydrogen-bond acceptors (Lipinski definition) is 3. The van der Waals surface area contributed by atoms with Crippen LogP contribution in [0.25, 0.3) is 0 Å². The van der Waals surface area contributed by atoms with E-state index in [4.69, 9.17) is 0 Å². The van der Waals surface area contributed by atoms with Crippen LogP contribution in [0, 0.1) is 9.39 Å². The van der Waals surface area contributed by atoms with Crippen LogP contribution in [0.3, 0.4) is 0 Å². The van der Waals surface area contributed by atoms with E-state index in [9.17, 15) is 9.18 Å². The fourth-order valence-corrected chi connectivity index (χ4v) is 2.63. The molecule has 0 aromatic heterocycles. The van der Waals surface area contributed by atoms with Crippen LogP contribution in [-0.4, -0.2) is 13.1 Å². The number of halogens is 2. The van der Waals surface area contributed by atoms with Gasteiger partial charge in [-0.05, 0) is 65.1 Å². The summed E-state index contributed by atoms with van der Waals surface area (Å²) in [6.07, 6.45) is 0. The maximum Gasteiger partial charge on any atom is 0.337 e. The molecule has 0 fully saturated rings. The summed E-state index contributed by atoms with van der Waals surface area (Å²) in [5.74, 6) is -0.589. The summed E-state index contributed by atoms with van der Waals surface area (Å²) in [5.41, 5.74) is 0.501. The third kappa shape index (κ3) is 3.70. The van der Waals surface area contributed by atoms with Crippen LogP contribution in [0.5, 0.6) is 0 Å². The lowest BCUT2D eigenvalue weighted by Crippen LogP contribution is -2.00. The van der Waals surface area contributed by atoms with Crippen LogP contribution in [0.15, 0.2) is 52.3 Å². The molecule has 0 heterocycles. The molecule has 0 aliphatic carbocycles. The van der Waals surface area contributed by atoms with Crippen LogP contribution < -0.4 is 0 Å². The van der Waals surface area contributed by atoms with Gasteiger partial charge in [-0.3, -0.25) is 0 Å². The van der Waals surface area contributed by atoms with Crippen molar-refractivity contribution in [2.45, 2.75) is 9.79 Å². The molecule has 0 bridgehead atoms. The Labute approximate surface area is 128 Å². The summed E-state index contributed by atoms with van der Waals surface area (Å²) in [6, 6.07) is 12.1. The number of hydrogen-bond donors (Lipinski definition) is 0. The van der Waals surface area contributed by atoms with Crippen molar-refractivity contribution in [3.05, 3.63) is 57.4 Å². The Kier molecular flexibility index (Phi) is 4.81. The van der Waals surface area contributed by atoms with E-state index < -0.39 is 0 Å². The molecular weight excluding hydrogens is 378 g/mol. The van der Waals surface area contributed by atoms with Gasteiger partial charge in [0.2, 0.25) is 0 Å². The van der Waals surface area contributed by atoms with E-state index >= 15 is 0 Å². The monoisotopic (exact) mass is 388 g/mol. The van der Waals surface area contributed by atoms with Crippen molar-refractivity contribution >= 4 is 40.3 Å². The number of ether oxygens (including phenoxy) is 1. The largest absolute Gasteiger partial charge is 0.465 e. The summed E-state index contributed by atoms with van der Waals surface area (Å²) in [4.78, 5) is 13.0. The van der Waals surface area contributed by atoms with Crippen LogP contribution in [0.1, 0.15) is 10.4 Å². The van der Waals surface area contributed by atoms with Crippen LogP contribution >= 0.6 is 34.4 Å². The molecule has 0 aliphatic heterocycles. The number of benzene rings is 2. The highest BCUT2D eigenvalue weighted by atomic mass is 127. The lowest BCUT2D eigenvalue weighted by atomic mass is 10.2. The third-order valence-electron chi connectivity index (χ3n) is 2.40. The number of carbonyl (C=O) groups excluding carboxylic acids is 1. The highest BCUT2D eigenvalue weighted by Gasteiger charge is 2.06. The normalized spacial score (nSPS) is 10.3. The van der Waals surface area contributed by atoms with E-state index in [0.29, 0.717) is 9.13 Å². The molecule has 0 N–H and O–H groups in total. The van der Waals surface area contributed by atoms with E-state index in [1.165, 1.54) is 24.9 Å². The fraction of sp³-hybridized carbons (Fsp3) is 0.0714. The zero-order valence-corrected chi connectivity index (χ0v) is 13.0. The summed E-state index contributed by atoms with van der Waals surface area (Å²) in [6.45, 7) is 0. The standard InChI is InChI=1S/C14H10FIO2S/c1-18-14(17)9-2-4-10(5-3-9)19-11-6-7-13(16)12(15)8-11/h2-8H,1H3. The maximum atomic E-state index is 13.4. The Balaban J connectivity index is 2.15. The molecule has 0 amide bonds. The molecule has 2 aromatic carbocycles. The number of carbonyl (C=O) groups is 1. The van der Waals surface area contributed by atoms with Gasteiger partial charge >= 0.3 is 5.97 Å². The Morgan fingerprint density at radius 3 is 2.37 bits per heavy atom. The van der Waals surface area contributed by atoms with Crippen molar-refractivity contribution in [3.8, 4) is 0 Å². The first-order valence-electron chi connectivity index (χ1n) is 5.41. The minimum atomic E-state index is -0.364. The quantitative estimate of drug-likeness (QED) is 0.577. The van der Waals surface area contributed by atoms with Crippen molar-refractivity contribution in [2.24, 2.45) is 0 Å². The van der Waals surface area contributed by atoms with Crippen molar-refractivity contribution in [3.63, 3.8) is 0 Å². The smallest absolute Gasteiger partial charge is 0.337 e. The minimum Gasteiger partial charge on any atom is -0.465 e. The summed E-state index contributed by atoms with van der Waals surface area (Å²) < 4.78 is 18.6. The lowest BCUT2D eigenvalue weighted by Gasteiger charge is -2.04. The van der Waals surface area contributed by atoms with Gasteiger partial charge in [0.15, 0.2) is 0 Å². The number of esters is 1. The zero-order valence-electron chi connectivity index (χ0n) is 10.0. The molecule has 0 unspecified atom stereocenters. The molecule has 0 spiro atoms. The highest BCUT2D eigenvalue weighted by Crippen LogP contribution is 2.29. The SMILES string of the molecule is COC(=O)c1ccc(Sc2ccc(I)c(F)c2)cc1. The van der Waals surface area contributed by atoms with Crippen LogP contribution in [0.4, 0.5) is 4.39 Å². The first kappa shape index (κ1) is 14.3. The second-order valence-electron chi connectivity index (χ2n) is 3.69. The van der Waals surface area contributed by atoms with E-state index in [2.05, 4.69) is 4.74 Å². The van der Waals surface area contributed by atoms with Gasteiger partial charge in [0, 0.05) is 13.4 Å². The average Bonchev–Trinajstić information content (AvgIpc) is 2.43. The molecule has 98 valence electrons. The summed E-state index contributed by atoms with van der Waals surface area (Å²) >= 11 is 3.40. The minimum absolute atomic E-state index is 0.225. The third-order valence-corrected chi connectivity index (χ3v) is 4.27. The molecular formula is C14H10FIO2S. The average molecular weight is 388 g/mol. The van der Waals surface area contributed by atoms with Crippen molar-refractivity contribution in [2.75, 3.05) is 7.11 Å². The molecule has 0 atom stereocenters. The van der Waals surface area contributed by atoms with Crippen molar-refractivity contribution in [1.29, 1.82) is 0 Å². The lowest BCUT2D eigenvalue weighted by molar-refractivity contribution is 0.0600. The first-order valence-corrected chi connectivity index (χ1v) is 7.31. The number of methoxy groups -OCH3 is 1. The Hall–Kier alpha value is -1.08. The van der Waals surface area contributed by atoms with Gasteiger partial charge in [0.1, 0.15) is 5.82 Å². The Morgan fingerprint density at radius 2 is 1.79 bits per heavy atom. The van der Waals surface area contributed by atoms with Gasteiger partial charge in [-0.25, -0.2) is 9.18 Å². The Bertz CT molecular complexity index is 599. The summed E-state index contributed by atoms with van der Waals surface area (Å²) in [5, 5.41) is 0. The molecule has 2 nitrogen and oxygen atoms in total. The van der Waals surface area contributed by atoms with Crippen molar-refractivity contribution < 1.29 is 13.9 Å². The Morgan fingerprint density at radius 1 is 1.16 bits per heavy atom.